The standard InChI is InChI=1S/C12H19NO4/c1-2-16-12-5-9(6-13)3-4-11(12)17-8-10(15)7-14/h3-5,10,14-15H,2,6-8,13H2,1H3. The van der Waals surface area contributed by atoms with Crippen molar-refractivity contribution in [1.82, 2.24) is 0 Å². The summed E-state index contributed by atoms with van der Waals surface area (Å²) >= 11 is 0. The van der Waals surface area contributed by atoms with E-state index in [0.717, 1.165) is 5.56 Å². The molecule has 0 radical (unpaired) electrons. The fourth-order valence-corrected chi connectivity index (χ4v) is 1.31. The van der Waals surface area contributed by atoms with Gasteiger partial charge in [-0.15, -0.1) is 0 Å². The van der Waals surface area contributed by atoms with Gasteiger partial charge in [0.05, 0.1) is 13.2 Å². The highest BCUT2D eigenvalue weighted by molar-refractivity contribution is 5.43. The Morgan fingerprint density at radius 2 is 2.06 bits per heavy atom. The van der Waals surface area contributed by atoms with Crippen molar-refractivity contribution in [3.63, 3.8) is 0 Å². The second kappa shape index (κ2) is 7.11. The minimum Gasteiger partial charge on any atom is -0.490 e. The van der Waals surface area contributed by atoms with Gasteiger partial charge >= 0.3 is 0 Å². The molecule has 1 atom stereocenters. The van der Waals surface area contributed by atoms with E-state index in [2.05, 4.69) is 0 Å². The lowest BCUT2D eigenvalue weighted by Gasteiger charge is -2.14. The zero-order chi connectivity index (χ0) is 12.7. The maximum absolute atomic E-state index is 9.20. The Bertz CT molecular complexity index is 343. The third kappa shape index (κ3) is 4.22. The summed E-state index contributed by atoms with van der Waals surface area (Å²) in [5.74, 6) is 1.14. The molecule has 96 valence electrons. The van der Waals surface area contributed by atoms with Crippen molar-refractivity contribution in [2.75, 3.05) is 19.8 Å². The van der Waals surface area contributed by atoms with Gasteiger partial charge in [0.25, 0.3) is 0 Å². The van der Waals surface area contributed by atoms with Crippen LogP contribution in [0.5, 0.6) is 11.5 Å². The smallest absolute Gasteiger partial charge is 0.161 e. The molecule has 1 unspecified atom stereocenters. The molecule has 0 aliphatic heterocycles. The summed E-state index contributed by atoms with van der Waals surface area (Å²) in [7, 11) is 0. The Labute approximate surface area is 101 Å². The second-order valence-electron chi connectivity index (χ2n) is 3.57. The predicted octanol–water partition coefficient (Wildman–Crippen LogP) is 0.276. The van der Waals surface area contributed by atoms with Crippen molar-refractivity contribution in [2.45, 2.75) is 19.6 Å². The van der Waals surface area contributed by atoms with Gasteiger partial charge in [-0.2, -0.15) is 0 Å². The Kier molecular flexibility index (Phi) is 5.76. The first-order valence-corrected chi connectivity index (χ1v) is 5.58. The van der Waals surface area contributed by atoms with Gasteiger partial charge in [0.15, 0.2) is 11.5 Å². The van der Waals surface area contributed by atoms with E-state index in [9.17, 15) is 5.11 Å². The molecule has 0 spiro atoms. The van der Waals surface area contributed by atoms with E-state index in [1.54, 1.807) is 6.07 Å². The topological polar surface area (TPSA) is 84.9 Å². The minimum absolute atomic E-state index is 0.0263. The van der Waals surface area contributed by atoms with Crippen LogP contribution in [0, 0.1) is 0 Å². The molecule has 5 nitrogen and oxygen atoms in total. The third-order valence-electron chi connectivity index (χ3n) is 2.19. The Balaban J connectivity index is 2.75. The van der Waals surface area contributed by atoms with Crippen LogP contribution in [-0.4, -0.2) is 36.1 Å². The van der Waals surface area contributed by atoms with Crippen molar-refractivity contribution in [2.24, 2.45) is 5.73 Å². The van der Waals surface area contributed by atoms with Crippen molar-refractivity contribution in [3.05, 3.63) is 23.8 Å². The second-order valence-corrected chi connectivity index (χ2v) is 3.57. The summed E-state index contributed by atoms with van der Waals surface area (Å²) in [4.78, 5) is 0. The highest BCUT2D eigenvalue weighted by atomic mass is 16.5. The Morgan fingerprint density at radius 1 is 1.29 bits per heavy atom. The van der Waals surface area contributed by atoms with E-state index >= 15 is 0 Å². The number of rotatable bonds is 7. The fraction of sp³-hybridized carbons (Fsp3) is 0.500. The minimum atomic E-state index is -0.890. The van der Waals surface area contributed by atoms with E-state index in [1.807, 2.05) is 19.1 Å². The van der Waals surface area contributed by atoms with Gasteiger partial charge in [-0.25, -0.2) is 0 Å². The summed E-state index contributed by atoms with van der Waals surface area (Å²) in [5.41, 5.74) is 6.49. The van der Waals surface area contributed by atoms with Crippen LogP contribution in [0.4, 0.5) is 0 Å². The van der Waals surface area contributed by atoms with Crippen LogP contribution >= 0.6 is 0 Å². The Morgan fingerprint density at radius 3 is 2.65 bits per heavy atom. The van der Waals surface area contributed by atoms with Crippen LogP contribution in [0.15, 0.2) is 18.2 Å². The third-order valence-corrected chi connectivity index (χ3v) is 2.19. The molecule has 0 heterocycles. The zero-order valence-corrected chi connectivity index (χ0v) is 9.93. The quantitative estimate of drug-likeness (QED) is 0.638. The van der Waals surface area contributed by atoms with Crippen LogP contribution in [0.2, 0.25) is 0 Å². The van der Waals surface area contributed by atoms with Gasteiger partial charge in [0, 0.05) is 6.54 Å². The molecular formula is C12H19NO4. The number of aliphatic hydroxyl groups excluding tert-OH is 2. The molecule has 0 fully saturated rings. The number of hydrogen-bond acceptors (Lipinski definition) is 5. The molecule has 0 saturated carbocycles. The molecule has 0 aliphatic rings. The number of ether oxygens (including phenoxy) is 2. The average Bonchev–Trinajstić information content (AvgIpc) is 2.37. The molecule has 0 bridgehead atoms. The summed E-state index contributed by atoms with van der Waals surface area (Å²) in [6.45, 7) is 2.53. The Hall–Kier alpha value is -1.30. The molecule has 0 aliphatic carbocycles. The lowest BCUT2D eigenvalue weighted by Crippen LogP contribution is -2.21. The van der Waals surface area contributed by atoms with E-state index in [4.69, 9.17) is 20.3 Å². The summed E-state index contributed by atoms with van der Waals surface area (Å²) in [5, 5.41) is 17.9. The maximum atomic E-state index is 9.20. The lowest BCUT2D eigenvalue weighted by molar-refractivity contribution is 0.0525. The summed E-state index contributed by atoms with van der Waals surface area (Å²) in [6, 6.07) is 5.39. The lowest BCUT2D eigenvalue weighted by atomic mass is 10.2. The van der Waals surface area contributed by atoms with Crippen LogP contribution in [-0.2, 0) is 6.54 Å². The first kappa shape index (κ1) is 13.8. The fourth-order valence-electron chi connectivity index (χ4n) is 1.31. The van der Waals surface area contributed by atoms with E-state index < -0.39 is 6.10 Å². The van der Waals surface area contributed by atoms with Crippen LogP contribution < -0.4 is 15.2 Å². The molecule has 17 heavy (non-hydrogen) atoms. The van der Waals surface area contributed by atoms with Gasteiger partial charge < -0.3 is 25.4 Å². The van der Waals surface area contributed by atoms with Crippen LogP contribution in [0.1, 0.15) is 12.5 Å². The number of aliphatic hydroxyl groups is 2. The number of hydrogen-bond donors (Lipinski definition) is 3. The number of benzene rings is 1. The first-order chi connectivity index (χ1) is 8.21. The zero-order valence-electron chi connectivity index (χ0n) is 9.93. The molecule has 4 N–H and O–H groups in total. The summed E-state index contributed by atoms with van der Waals surface area (Å²) < 4.78 is 10.8. The van der Waals surface area contributed by atoms with Gasteiger partial charge in [-0.3, -0.25) is 0 Å². The normalized spacial score (nSPS) is 12.2. The molecule has 0 amide bonds. The average molecular weight is 241 g/mol. The van der Waals surface area contributed by atoms with Crippen molar-refractivity contribution < 1.29 is 19.7 Å². The predicted molar refractivity (Wildman–Crippen MR) is 64.1 cm³/mol. The van der Waals surface area contributed by atoms with Gasteiger partial charge in [-0.05, 0) is 24.6 Å². The monoisotopic (exact) mass is 241 g/mol. The molecule has 1 rings (SSSR count). The maximum Gasteiger partial charge on any atom is 0.161 e. The van der Waals surface area contributed by atoms with Crippen molar-refractivity contribution in [3.8, 4) is 11.5 Å². The first-order valence-electron chi connectivity index (χ1n) is 5.58. The highest BCUT2D eigenvalue weighted by Gasteiger charge is 2.08. The van der Waals surface area contributed by atoms with Crippen LogP contribution in [0.25, 0.3) is 0 Å². The van der Waals surface area contributed by atoms with Crippen molar-refractivity contribution in [1.29, 1.82) is 0 Å². The molecule has 0 aromatic heterocycles. The van der Waals surface area contributed by atoms with Gasteiger partial charge in [-0.1, -0.05) is 6.07 Å². The van der Waals surface area contributed by atoms with Gasteiger partial charge in [0.2, 0.25) is 0 Å². The van der Waals surface area contributed by atoms with Crippen molar-refractivity contribution >= 4 is 0 Å². The van der Waals surface area contributed by atoms with Crippen LogP contribution in [0.3, 0.4) is 0 Å². The highest BCUT2D eigenvalue weighted by Crippen LogP contribution is 2.28. The molecule has 5 heteroatoms. The van der Waals surface area contributed by atoms with E-state index in [1.165, 1.54) is 0 Å². The largest absolute Gasteiger partial charge is 0.490 e. The molecular weight excluding hydrogens is 222 g/mol. The van der Waals surface area contributed by atoms with Gasteiger partial charge in [0.1, 0.15) is 12.7 Å². The molecule has 1 aromatic rings. The molecule has 0 saturated heterocycles. The number of nitrogens with two attached hydrogens (primary N) is 1. The SMILES string of the molecule is CCOc1cc(CN)ccc1OCC(O)CO. The van der Waals surface area contributed by atoms with E-state index in [0.29, 0.717) is 24.7 Å². The molecule has 1 aromatic carbocycles. The van der Waals surface area contributed by atoms with E-state index in [-0.39, 0.29) is 13.2 Å². The summed E-state index contributed by atoms with van der Waals surface area (Å²) in [6.07, 6.45) is -0.890.